The van der Waals surface area contributed by atoms with Gasteiger partial charge in [-0.15, -0.1) is 0 Å². The average molecular weight is 341 g/mol. The maximum Gasteiger partial charge on any atom is 0.274 e. The lowest BCUT2D eigenvalue weighted by molar-refractivity contribution is 0.101. The van der Waals surface area contributed by atoms with Crippen LogP contribution in [-0.2, 0) is 9.84 Å². The Morgan fingerprint density at radius 3 is 2.50 bits per heavy atom. The quantitative estimate of drug-likeness (QED) is 0.791. The van der Waals surface area contributed by atoms with E-state index in [1.165, 1.54) is 23.0 Å². The summed E-state index contributed by atoms with van der Waals surface area (Å²) >= 11 is 0. The van der Waals surface area contributed by atoms with Gasteiger partial charge in [0.05, 0.1) is 16.8 Å². The molecule has 0 unspecified atom stereocenters. The van der Waals surface area contributed by atoms with Gasteiger partial charge in [0.15, 0.2) is 9.84 Å². The van der Waals surface area contributed by atoms with Gasteiger partial charge >= 0.3 is 0 Å². The van der Waals surface area contributed by atoms with Gasteiger partial charge in [0.1, 0.15) is 5.69 Å². The summed E-state index contributed by atoms with van der Waals surface area (Å²) in [4.78, 5) is 12.7. The molecule has 0 aliphatic heterocycles. The van der Waals surface area contributed by atoms with Crippen LogP contribution in [-0.4, -0.2) is 30.4 Å². The van der Waals surface area contributed by atoms with Crippen LogP contribution in [0.2, 0.25) is 0 Å². The normalized spacial score (nSPS) is 11.2. The summed E-state index contributed by atoms with van der Waals surface area (Å²) in [6.45, 7) is 0. The number of hydrogen-bond donors (Lipinski definition) is 1. The van der Waals surface area contributed by atoms with Crippen LogP contribution < -0.4 is 5.32 Å². The van der Waals surface area contributed by atoms with Crippen molar-refractivity contribution in [1.29, 1.82) is 0 Å². The number of amides is 1. The van der Waals surface area contributed by atoms with Crippen molar-refractivity contribution in [2.45, 2.75) is 4.90 Å². The van der Waals surface area contributed by atoms with Gasteiger partial charge in [0.2, 0.25) is 0 Å². The number of aromatic nitrogens is 2. The first-order valence-corrected chi connectivity index (χ1v) is 9.05. The summed E-state index contributed by atoms with van der Waals surface area (Å²) in [5, 5.41) is 6.87. The minimum absolute atomic E-state index is 0.150. The van der Waals surface area contributed by atoms with Gasteiger partial charge in [0, 0.05) is 11.9 Å². The third kappa shape index (κ3) is 3.36. The Morgan fingerprint density at radius 1 is 1.04 bits per heavy atom. The zero-order chi connectivity index (χ0) is 17.2. The van der Waals surface area contributed by atoms with Gasteiger partial charge in [-0.1, -0.05) is 24.3 Å². The lowest BCUT2D eigenvalue weighted by atomic mass is 10.3. The van der Waals surface area contributed by atoms with Crippen LogP contribution in [0.15, 0.2) is 71.8 Å². The van der Waals surface area contributed by atoms with Crippen molar-refractivity contribution in [3.63, 3.8) is 0 Å². The van der Waals surface area contributed by atoms with E-state index in [4.69, 9.17) is 0 Å². The maximum absolute atomic E-state index is 12.5. The molecule has 0 atom stereocenters. The number of sulfone groups is 1. The highest BCUT2D eigenvalue weighted by Gasteiger charge is 2.14. The number of carbonyl (C=O) groups is 1. The van der Waals surface area contributed by atoms with Crippen molar-refractivity contribution < 1.29 is 13.2 Å². The first kappa shape index (κ1) is 15.9. The first-order chi connectivity index (χ1) is 11.4. The summed E-state index contributed by atoms with van der Waals surface area (Å²) in [6, 6.07) is 17.0. The third-order valence-electron chi connectivity index (χ3n) is 3.40. The lowest BCUT2D eigenvalue weighted by Gasteiger charge is -2.09. The Bertz CT molecular complexity index is 979. The second-order valence-electron chi connectivity index (χ2n) is 5.22. The molecule has 0 aliphatic carbocycles. The van der Waals surface area contributed by atoms with Gasteiger partial charge in [-0.05, 0) is 36.4 Å². The molecule has 0 saturated carbocycles. The number of para-hydroxylation sites is 1. The molecule has 1 amide bonds. The van der Waals surface area contributed by atoms with Gasteiger partial charge < -0.3 is 5.32 Å². The molecular formula is C17H15N3O3S. The molecule has 0 fully saturated rings. The van der Waals surface area contributed by atoms with Crippen molar-refractivity contribution in [2.24, 2.45) is 0 Å². The van der Waals surface area contributed by atoms with Crippen LogP contribution >= 0.6 is 0 Å². The highest BCUT2D eigenvalue weighted by atomic mass is 32.2. The Balaban J connectivity index is 1.89. The Kier molecular flexibility index (Phi) is 4.18. The van der Waals surface area contributed by atoms with E-state index in [2.05, 4.69) is 10.4 Å². The summed E-state index contributed by atoms with van der Waals surface area (Å²) in [7, 11) is -3.33. The van der Waals surface area contributed by atoms with Gasteiger partial charge in [-0.25, -0.2) is 13.1 Å². The number of anilines is 1. The topological polar surface area (TPSA) is 81.1 Å². The number of rotatable bonds is 4. The van der Waals surface area contributed by atoms with Crippen molar-refractivity contribution in [2.75, 3.05) is 11.6 Å². The van der Waals surface area contributed by atoms with E-state index >= 15 is 0 Å². The van der Waals surface area contributed by atoms with E-state index in [-0.39, 0.29) is 10.8 Å². The molecule has 1 heterocycles. The highest BCUT2D eigenvalue weighted by Crippen LogP contribution is 2.17. The van der Waals surface area contributed by atoms with E-state index in [0.717, 1.165) is 11.9 Å². The van der Waals surface area contributed by atoms with E-state index in [9.17, 15) is 13.2 Å². The van der Waals surface area contributed by atoms with E-state index in [0.29, 0.717) is 11.4 Å². The molecule has 3 rings (SSSR count). The molecule has 0 spiro atoms. The van der Waals surface area contributed by atoms with E-state index < -0.39 is 9.84 Å². The average Bonchev–Trinajstić information content (AvgIpc) is 3.05. The molecule has 1 aromatic heterocycles. The van der Waals surface area contributed by atoms with Gasteiger partial charge in [0.25, 0.3) is 5.91 Å². The number of nitrogens with one attached hydrogen (secondary N) is 1. The zero-order valence-corrected chi connectivity index (χ0v) is 13.7. The molecule has 6 nitrogen and oxygen atoms in total. The molecule has 3 aromatic rings. The van der Waals surface area contributed by atoms with E-state index in [1.54, 1.807) is 18.2 Å². The first-order valence-electron chi connectivity index (χ1n) is 7.16. The maximum atomic E-state index is 12.5. The zero-order valence-electron chi connectivity index (χ0n) is 12.9. The summed E-state index contributed by atoms with van der Waals surface area (Å²) in [5.74, 6) is -0.373. The summed E-state index contributed by atoms with van der Waals surface area (Å²) in [5.41, 5.74) is 1.52. The lowest BCUT2D eigenvalue weighted by Crippen LogP contribution is -2.17. The minimum atomic E-state index is -3.33. The molecule has 24 heavy (non-hydrogen) atoms. The standard InChI is InChI=1S/C17H15N3O3S/c1-24(22,23)15-9-5-6-13(12-15)19-17(21)16-10-11-18-20(16)14-7-3-2-4-8-14/h2-12H,1H3,(H,19,21). The second-order valence-corrected chi connectivity index (χ2v) is 7.23. The monoisotopic (exact) mass is 341 g/mol. The van der Waals surface area contributed by atoms with Crippen molar-refractivity contribution in [3.05, 3.63) is 72.6 Å². The fraction of sp³-hybridized carbons (Fsp3) is 0.0588. The molecular weight excluding hydrogens is 326 g/mol. The number of nitrogens with zero attached hydrogens (tertiary/aromatic N) is 2. The van der Waals surface area contributed by atoms with Crippen LogP contribution in [0.4, 0.5) is 5.69 Å². The van der Waals surface area contributed by atoms with Crippen molar-refractivity contribution in [1.82, 2.24) is 9.78 Å². The van der Waals surface area contributed by atoms with Crippen molar-refractivity contribution >= 4 is 21.4 Å². The van der Waals surface area contributed by atoms with Crippen LogP contribution in [0.5, 0.6) is 0 Å². The van der Waals surface area contributed by atoms with Crippen molar-refractivity contribution in [3.8, 4) is 5.69 Å². The molecule has 122 valence electrons. The summed E-state index contributed by atoms with van der Waals surface area (Å²) in [6.07, 6.45) is 2.66. The Labute approximate surface area is 139 Å². The number of carbonyl (C=O) groups excluding carboxylic acids is 1. The fourth-order valence-electron chi connectivity index (χ4n) is 2.25. The van der Waals surface area contributed by atoms with Gasteiger partial charge in [-0.3, -0.25) is 4.79 Å². The number of hydrogen-bond acceptors (Lipinski definition) is 4. The van der Waals surface area contributed by atoms with Crippen LogP contribution in [0.25, 0.3) is 5.69 Å². The molecule has 0 aliphatic rings. The largest absolute Gasteiger partial charge is 0.321 e. The molecule has 7 heteroatoms. The molecule has 0 saturated heterocycles. The second kappa shape index (κ2) is 6.29. The Morgan fingerprint density at radius 2 is 1.79 bits per heavy atom. The predicted molar refractivity (Wildman–Crippen MR) is 91.1 cm³/mol. The van der Waals surface area contributed by atoms with Crippen LogP contribution in [0.1, 0.15) is 10.5 Å². The predicted octanol–water partition coefficient (Wildman–Crippen LogP) is 2.53. The fourth-order valence-corrected chi connectivity index (χ4v) is 2.92. The minimum Gasteiger partial charge on any atom is -0.321 e. The smallest absolute Gasteiger partial charge is 0.274 e. The SMILES string of the molecule is CS(=O)(=O)c1cccc(NC(=O)c2ccnn2-c2ccccc2)c1. The third-order valence-corrected chi connectivity index (χ3v) is 4.51. The molecule has 1 N–H and O–H groups in total. The van der Waals surface area contributed by atoms with Gasteiger partial charge in [-0.2, -0.15) is 5.10 Å². The van der Waals surface area contributed by atoms with Crippen LogP contribution in [0.3, 0.4) is 0 Å². The molecule has 2 aromatic carbocycles. The number of benzene rings is 2. The van der Waals surface area contributed by atoms with Crippen LogP contribution in [0, 0.1) is 0 Å². The molecule has 0 radical (unpaired) electrons. The Hall–Kier alpha value is -2.93. The summed E-state index contributed by atoms with van der Waals surface area (Å²) < 4.78 is 24.7. The highest BCUT2D eigenvalue weighted by molar-refractivity contribution is 7.90. The molecule has 0 bridgehead atoms. The van der Waals surface area contributed by atoms with E-state index in [1.807, 2.05) is 30.3 Å².